The van der Waals surface area contributed by atoms with Crippen molar-refractivity contribution in [1.29, 1.82) is 0 Å². The third kappa shape index (κ3) is 3.20. The highest BCUT2D eigenvalue weighted by Gasteiger charge is 2.14. The lowest BCUT2D eigenvalue weighted by molar-refractivity contribution is 0.172. The number of rotatable bonds is 5. The largest absolute Gasteiger partial charge is 0.486 e. The fourth-order valence-corrected chi connectivity index (χ4v) is 1.88. The van der Waals surface area contributed by atoms with Crippen molar-refractivity contribution in [1.82, 2.24) is 0 Å². The molecule has 0 saturated heterocycles. The summed E-state index contributed by atoms with van der Waals surface area (Å²) in [6.45, 7) is 3.69. The van der Waals surface area contributed by atoms with Gasteiger partial charge in [-0.1, -0.05) is 0 Å². The smallest absolute Gasteiger partial charge is 0.163 e. The van der Waals surface area contributed by atoms with Crippen LogP contribution in [0.3, 0.4) is 0 Å². The van der Waals surface area contributed by atoms with E-state index in [9.17, 15) is 5.11 Å². The van der Waals surface area contributed by atoms with Gasteiger partial charge in [0.1, 0.15) is 13.2 Å². The van der Waals surface area contributed by atoms with Gasteiger partial charge < -0.3 is 25.6 Å². The van der Waals surface area contributed by atoms with Gasteiger partial charge in [-0.2, -0.15) is 0 Å². The molecule has 1 aromatic carbocycles. The summed E-state index contributed by atoms with van der Waals surface area (Å²) in [5.41, 5.74) is 7.44. The highest BCUT2D eigenvalue weighted by molar-refractivity contribution is 5.72. The minimum atomic E-state index is -0.260. The zero-order chi connectivity index (χ0) is 13.0. The lowest BCUT2D eigenvalue weighted by Gasteiger charge is -2.20. The average Bonchev–Trinajstić information content (AvgIpc) is 2.34. The fourth-order valence-electron chi connectivity index (χ4n) is 1.88. The van der Waals surface area contributed by atoms with Crippen molar-refractivity contribution in [2.24, 2.45) is 0 Å². The lowest BCUT2D eigenvalue weighted by atomic mass is 10.2. The van der Waals surface area contributed by atoms with Crippen LogP contribution in [0.4, 0.5) is 11.4 Å². The maximum atomic E-state index is 9.17. The molecule has 1 aliphatic heterocycles. The summed E-state index contributed by atoms with van der Waals surface area (Å²) >= 11 is 0. The maximum Gasteiger partial charge on any atom is 0.163 e. The van der Waals surface area contributed by atoms with Gasteiger partial charge in [0.25, 0.3) is 0 Å². The summed E-state index contributed by atoms with van der Waals surface area (Å²) in [7, 11) is 0. The number of hydrogen-bond donors (Lipinski definition) is 3. The van der Waals surface area contributed by atoms with E-state index in [1.807, 2.05) is 6.07 Å². The van der Waals surface area contributed by atoms with Gasteiger partial charge in [-0.25, -0.2) is 0 Å². The number of aliphatic hydroxyl groups excluding tert-OH is 1. The zero-order valence-corrected chi connectivity index (χ0v) is 10.6. The first-order valence-electron chi connectivity index (χ1n) is 6.28. The Labute approximate surface area is 107 Å². The minimum Gasteiger partial charge on any atom is -0.486 e. The predicted molar refractivity (Wildman–Crippen MR) is 71.2 cm³/mol. The third-order valence-corrected chi connectivity index (χ3v) is 2.83. The van der Waals surface area contributed by atoms with E-state index < -0.39 is 0 Å². The summed E-state index contributed by atoms with van der Waals surface area (Å²) in [5, 5.41) is 12.4. The molecule has 0 spiro atoms. The number of nitrogens with one attached hydrogen (secondary N) is 1. The Morgan fingerprint density at radius 1 is 1.33 bits per heavy atom. The maximum absolute atomic E-state index is 9.17. The number of fused-ring (bicyclic) bond motifs is 1. The number of anilines is 2. The Morgan fingerprint density at radius 3 is 2.67 bits per heavy atom. The molecule has 5 heteroatoms. The fraction of sp³-hybridized carbons (Fsp3) is 0.538. The molecular weight excluding hydrogens is 232 g/mol. The van der Waals surface area contributed by atoms with Gasteiger partial charge >= 0.3 is 0 Å². The molecule has 0 amide bonds. The van der Waals surface area contributed by atoms with E-state index in [-0.39, 0.29) is 6.10 Å². The van der Waals surface area contributed by atoms with Gasteiger partial charge in [0.2, 0.25) is 0 Å². The predicted octanol–water partition coefficient (Wildman–Crippen LogP) is 1.61. The van der Waals surface area contributed by atoms with E-state index in [0.29, 0.717) is 24.7 Å². The quantitative estimate of drug-likeness (QED) is 0.548. The second kappa shape index (κ2) is 5.82. The monoisotopic (exact) mass is 252 g/mol. The summed E-state index contributed by atoms with van der Waals surface area (Å²) in [4.78, 5) is 0. The van der Waals surface area contributed by atoms with E-state index in [1.54, 1.807) is 13.0 Å². The standard InChI is InChI=1S/C13H20N2O3/c1-9(16)3-2-4-15-11-8-13-12(7-10(11)14)17-5-6-18-13/h7-9,15-16H,2-6,14H2,1H3. The van der Waals surface area contributed by atoms with Crippen LogP contribution >= 0.6 is 0 Å². The molecule has 1 heterocycles. The normalized spacial score (nSPS) is 15.2. The number of hydrogen-bond acceptors (Lipinski definition) is 5. The summed E-state index contributed by atoms with van der Waals surface area (Å²) in [6.07, 6.45) is 1.41. The molecule has 18 heavy (non-hydrogen) atoms. The molecule has 4 N–H and O–H groups in total. The Bertz CT molecular complexity index is 407. The molecule has 0 radical (unpaired) electrons. The van der Waals surface area contributed by atoms with Crippen molar-refractivity contribution in [3.8, 4) is 11.5 Å². The van der Waals surface area contributed by atoms with Gasteiger partial charge in [0, 0.05) is 18.7 Å². The van der Waals surface area contributed by atoms with Crippen molar-refractivity contribution in [3.05, 3.63) is 12.1 Å². The average molecular weight is 252 g/mol. The van der Waals surface area contributed by atoms with Gasteiger partial charge in [-0.3, -0.25) is 0 Å². The molecule has 5 nitrogen and oxygen atoms in total. The molecule has 0 fully saturated rings. The molecule has 1 aromatic rings. The van der Waals surface area contributed by atoms with Crippen LogP contribution in [-0.4, -0.2) is 31.0 Å². The number of nitrogens with two attached hydrogens (primary N) is 1. The number of benzene rings is 1. The molecule has 0 aromatic heterocycles. The molecule has 2 rings (SSSR count). The Morgan fingerprint density at radius 2 is 2.00 bits per heavy atom. The number of ether oxygens (including phenoxy) is 2. The lowest BCUT2D eigenvalue weighted by Crippen LogP contribution is -2.16. The van der Waals surface area contributed by atoms with Gasteiger partial charge in [0.05, 0.1) is 17.5 Å². The highest BCUT2D eigenvalue weighted by atomic mass is 16.6. The van der Waals surface area contributed by atoms with Crippen LogP contribution in [0, 0.1) is 0 Å². The van der Waals surface area contributed by atoms with Crippen LogP contribution in [0.25, 0.3) is 0 Å². The molecule has 100 valence electrons. The molecule has 0 aliphatic carbocycles. The van der Waals surface area contributed by atoms with Crippen molar-refractivity contribution < 1.29 is 14.6 Å². The first-order valence-corrected chi connectivity index (χ1v) is 6.28. The van der Waals surface area contributed by atoms with E-state index in [2.05, 4.69) is 5.32 Å². The van der Waals surface area contributed by atoms with Crippen LogP contribution in [0.5, 0.6) is 11.5 Å². The van der Waals surface area contributed by atoms with E-state index >= 15 is 0 Å². The molecule has 0 saturated carbocycles. The Balaban J connectivity index is 1.95. The van der Waals surface area contributed by atoms with Crippen LogP contribution < -0.4 is 20.5 Å². The van der Waals surface area contributed by atoms with Crippen molar-refractivity contribution in [2.75, 3.05) is 30.8 Å². The highest BCUT2D eigenvalue weighted by Crippen LogP contribution is 2.36. The second-order valence-corrected chi connectivity index (χ2v) is 4.50. The van der Waals surface area contributed by atoms with Crippen molar-refractivity contribution in [2.45, 2.75) is 25.9 Å². The number of aliphatic hydroxyl groups is 1. The third-order valence-electron chi connectivity index (χ3n) is 2.83. The number of nitrogen functional groups attached to an aromatic ring is 1. The van der Waals surface area contributed by atoms with Gasteiger partial charge in [-0.05, 0) is 19.8 Å². The summed E-state index contributed by atoms with van der Waals surface area (Å²) < 4.78 is 11.0. The molecular formula is C13H20N2O3. The Kier molecular flexibility index (Phi) is 4.15. The SMILES string of the molecule is CC(O)CCCNc1cc2c(cc1N)OCCO2. The zero-order valence-electron chi connectivity index (χ0n) is 10.6. The van der Waals surface area contributed by atoms with Crippen LogP contribution in [0.1, 0.15) is 19.8 Å². The van der Waals surface area contributed by atoms with Crippen LogP contribution in [-0.2, 0) is 0 Å². The first kappa shape index (κ1) is 12.8. The van der Waals surface area contributed by atoms with E-state index in [1.165, 1.54) is 0 Å². The topological polar surface area (TPSA) is 76.7 Å². The van der Waals surface area contributed by atoms with Gasteiger partial charge in [0.15, 0.2) is 11.5 Å². The van der Waals surface area contributed by atoms with Crippen molar-refractivity contribution in [3.63, 3.8) is 0 Å². The molecule has 1 unspecified atom stereocenters. The summed E-state index contributed by atoms with van der Waals surface area (Å²) in [5.74, 6) is 1.43. The van der Waals surface area contributed by atoms with Crippen molar-refractivity contribution >= 4 is 11.4 Å². The summed E-state index contributed by atoms with van der Waals surface area (Å²) in [6, 6.07) is 3.65. The second-order valence-electron chi connectivity index (χ2n) is 4.50. The Hall–Kier alpha value is -1.62. The van der Waals surface area contributed by atoms with Crippen LogP contribution in [0.15, 0.2) is 12.1 Å². The molecule has 1 atom stereocenters. The first-order chi connectivity index (χ1) is 8.66. The minimum absolute atomic E-state index is 0.260. The van der Waals surface area contributed by atoms with E-state index in [0.717, 1.165) is 30.8 Å². The van der Waals surface area contributed by atoms with Crippen LogP contribution in [0.2, 0.25) is 0 Å². The molecule has 0 bridgehead atoms. The molecule has 1 aliphatic rings. The van der Waals surface area contributed by atoms with E-state index in [4.69, 9.17) is 15.2 Å². The van der Waals surface area contributed by atoms with Gasteiger partial charge in [-0.15, -0.1) is 0 Å².